The molecule has 0 aliphatic heterocycles. The molecule has 0 saturated heterocycles. The minimum Gasteiger partial charge on any atom is -0.483 e. The lowest BCUT2D eigenvalue weighted by molar-refractivity contribution is 0.240. The lowest BCUT2D eigenvalue weighted by Crippen LogP contribution is -2.03. The quantitative estimate of drug-likeness (QED) is 0.918. The van der Waals surface area contributed by atoms with Gasteiger partial charge in [-0.1, -0.05) is 28.0 Å². The normalized spacial score (nSPS) is 10.6. The Labute approximate surface area is 113 Å². The van der Waals surface area contributed by atoms with E-state index in [0.717, 1.165) is 22.2 Å². The summed E-state index contributed by atoms with van der Waals surface area (Å²) >= 11 is 3.39. The zero-order valence-electron chi connectivity index (χ0n) is 10.0. The number of nitrogens with zero attached hydrogens (tertiary/aromatic N) is 2. The monoisotopic (exact) mass is 311 g/mol. The molecule has 18 heavy (non-hydrogen) atoms. The van der Waals surface area contributed by atoms with E-state index in [9.17, 15) is 0 Å². The molecule has 0 fully saturated rings. The van der Waals surface area contributed by atoms with E-state index in [1.54, 1.807) is 0 Å². The summed E-state index contributed by atoms with van der Waals surface area (Å²) in [6.07, 6.45) is 0.746. The van der Waals surface area contributed by atoms with Gasteiger partial charge >= 0.3 is 0 Å². The Balaban J connectivity index is 2.05. The van der Waals surface area contributed by atoms with Crippen molar-refractivity contribution >= 4 is 15.9 Å². The van der Waals surface area contributed by atoms with Crippen LogP contribution in [0.3, 0.4) is 0 Å². The number of rotatable bonds is 5. The number of halogens is 1. The molecule has 1 aromatic carbocycles. The van der Waals surface area contributed by atoms with Gasteiger partial charge in [0.1, 0.15) is 5.75 Å². The van der Waals surface area contributed by atoms with Crippen LogP contribution in [0.4, 0.5) is 0 Å². The number of nitrogens with two attached hydrogens (primary N) is 1. The highest BCUT2D eigenvalue weighted by molar-refractivity contribution is 9.10. The molecule has 0 spiro atoms. The van der Waals surface area contributed by atoms with Gasteiger partial charge in [0.15, 0.2) is 12.4 Å². The van der Waals surface area contributed by atoms with Gasteiger partial charge in [0.25, 0.3) is 5.89 Å². The third kappa shape index (κ3) is 3.08. The topological polar surface area (TPSA) is 74.2 Å². The van der Waals surface area contributed by atoms with Gasteiger partial charge in [-0.25, -0.2) is 0 Å². The second-order valence-corrected chi connectivity index (χ2v) is 4.62. The molecule has 0 atom stereocenters. The summed E-state index contributed by atoms with van der Waals surface area (Å²) < 4.78 is 11.7. The smallest absolute Gasteiger partial charge is 0.264 e. The molecule has 2 rings (SSSR count). The lowest BCUT2D eigenvalue weighted by atomic mass is 10.2. The summed E-state index contributed by atoms with van der Waals surface area (Å²) in [5.41, 5.74) is 6.59. The molecular formula is C12H14BrN3O2. The number of aromatic nitrogens is 2. The van der Waals surface area contributed by atoms with Gasteiger partial charge in [-0.05, 0) is 18.2 Å². The van der Waals surface area contributed by atoms with Crippen molar-refractivity contribution < 1.29 is 9.26 Å². The molecule has 0 aliphatic rings. The second-order valence-electron chi connectivity index (χ2n) is 3.70. The maximum atomic E-state index is 5.66. The number of hydrogen-bond acceptors (Lipinski definition) is 5. The molecule has 2 N–H and O–H groups in total. The van der Waals surface area contributed by atoms with Crippen molar-refractivity contribution in [2.75, 3.05) is 0 Å². The summed E-state index contributed by atoms with van der Waals surface area (Å²) in [6.45, 7) is 2.64. The average molecular weight is 312 g/mol. The van der Waals surface area contributed by atoms with E-state index in [-0.39, 0.29) is 6.61 Å². The summed E-state index contributed by atoms with van der Waals surface area (Å²) in [5, 5.41) is 3.81. The number of benzene rings is 1. The number of ether oxygens (including phenoxy) is 1. The highest BCUT2D eigenvalue weighted by atomic mass is 79.9. The van der Waals surface area contributed by atoms with E-state index in [1.807, 2.05) is 25.1 Å². The van der Waals surface area contributed by atoms with Crippen molar-refractivity contribution in [3.63, 3.8) is 0 Å². The maximum absolute atomic E-state index is 5.66. The summed E-state index contributed by atoms with van der Waals surface area (Å²) in [6, 6.07) is 5.70. The summed E-state index contributed by atoms with van der Waals surface area (Å²) in [5.74, 6) is 1.89. The zero-order chi connectivity index (χ0) is 13.0. The largest absolute Gasteiger partial charge is 0.483 e. The first-order chi connectivity index (χ1) is 8.72. The van der Waals surface area contributed by atoms with Crippen LogP contribution in [-0.4, -0.2) is 10.1 Å². The fourth-order valence-electron chi connectivity index (χ4n) is 1.48. The maximum Gasteiger partial charge on any atom is 0.264 e. The van der Waals surface area contributed by atoms with Crippen LogP contribution in [0.5, 0.6) is 5.75 Å². The SMILES string of the molecule is CCc1noc(COc2ccc(Br)cc2CN)n1. The molecule has 0 aliphatic carbocycles. The summed E-state index contributed by atoms with van der Waals surface area (Å²) in [7, 11) is 0. The zero-order valence-corrected chi connectivity index (χ0v) is 11.6. The Morgan fingerprint density at radius 1 is 1.44 bits per heavy atom. The molecule has 6 heteroatoms. The van der Waals surface area contributed by atoms with Crippen LogP contribution in [0.15, 0.2) is 27.2 Å². The van der Waals surface area contributed by atoms with E-state index in [1.165, 1.54) is 0 Å². The van der Waals surface area contributed by atoms with E-state index < -0.39 is 0 Å². The molecule has 2 aromatic rings. The fraction of sp³-hybridized carbons (Fsp3) is 0.333. The van der Waals surface area contributed by atoms with Gasteiger partial charge in [-0.2, -0.15) is 4.98 Å². The predicted molar refractivity (Wildman–Crippen MR) is 70.0 cm³/mol. The highest BCUT2D eigenvalue weighted by Crippen LogP contribution is 2.23. The molecule has 0 bridgehead atoms. The van der Waals surface area contributed by atoms with Crippen molar-refractivity contribution in [1.82, 2.24) is 10.1 Å². The minimum absolute atomic E-state index is 0.252. The Bertz CT molecular complexity index is 528. The molecule has 1 aromatic heterocycles. The minimum atomic E-state index is 0.252. The average Bonchev–Trinajstić information content (AvgIpc) is 2.85. The van der Waals surface area contributed by atoms with Gasteiger partial charge in [-0.3, -0.25) is 0 Å². The Morgan fingerprint density at radius 2 is 2.28 bits per heavy atom. The van der Waals surface area contributed by atoms with Crippen LogP contribution in [-0.2, 0) is 19.6 Å². The Kier molecular flexibility index (Phi) is 4.33. The standard InChI is InChI=1S/C12H14BrN3O2/c1-2-11-15-12(18-16-11)7-17-10-4-3-9(13)5-8(10)6-14/h3-5H,2,6-7,14H2,1H3. The van der Waals surface area contributed by atoms with Crippen LogP contribution in [0.1, 0.15) is 24.2 Å². The third-order valence-electron chi connectivity index (χ3n) is 2.42. The van der Waals surface area contributed by atoms with Gasteiger partial charge in [0.05, 0.1) is 0 Å². The summed E-state index contributed by atoms with van der Waals surface area (Å²) in [4.78, 5) is 4.17. The Hall–Kier alpha value is -1.40. The molecule has 96 valence electrons. The van der Waals surface area contributed by atoms with Gasteiger partial charge in [-0.15, -0.1) is 0 Å². The van der Waals surface area contributed by atoms with E-state index in [2.05, 4.69) is 26.1 Å². The number of hydrogen-bond donors (Lipinski definition) is 1. The lowest BCUT2D eigenvalue weighted by Gasteiger charge is -2.08. The van der Waals surface area contributed by atoms with Crippen molar-refractivity contribution in [1.29, 1.82) is 0 Å². The molecule has 5 nitrogen and oxygen atoms in total. The predicted octanol–water partition coefficient (Wildman–Crippen LogP) is 2.43. The molecule has 1 heterocycles. The van der Waals surface area contributed by atoms with Crippen molar-refractivity contribution in [3.8, 4) is 5.75 Å². The van der Waals surface area contributed by atoms with Gasteiger partial charge < -0.3 is 15.0 Å². The van der Waals surface area contributed by atoms with Crippen LogP contribution < -0.4 is 10.5 Å². The fourth-order valence-corrected chi connectivity index (χ4v) is 1.89. The second kappa shape index (κ2) is 5.97. The molecule has 0 radical (unpaired) electrons. The Morgan fingerprint density at radius 3 is 2.94 bits per heavy atom. The van der Waals surface area contributed by atoms with Crippen LogP contribution in [0.2, 0.25) is 0 Å². The highest BCUT2D eigenvalue weighted by Gasteiger charge is 2.08. The third-order valence-corrected chi connectivity index (χ3v) is 2.91. The van der Waals surface area contributed by atoms with Gasteiger partial charge in [0.2, 0.25) is 0 Å². The molecule has 0 unspecified atom stereocenters. The van der Waals surface area contributed by atoms with Crippen molar-refractivity contribution in [2.45, 2.75) is 26.5 Å². The van der Waals surface area contributed by atoms with Crippen molar-refractivity contribution in [2.24, 2.45) is 5.73 Å². The van der Waals surface area contributed by atoms with Gasteiger partial charge in [0, 0.05) is 23.0 Å². The first kappa shape index (κ1) is 13.0. The molecule has 0 saturated carbocycles. The van der Waals surface area contributed by atoms with E-state index in [4.69, 9.17) is 15.0 Å². The van der Waals surface area contributed by atoms with Crippen LogP contribution >= 0.6 is 15.9 Å². The first-order valence-corrected chi connectivity index (χ1v) is 6.45. The van der Waals surface area contributed by atoms with E-state index in [0.29, 0.717) is 18.3 Å². The van der Waals surface area contributed by atoms with Crippen LogP contribution in [0, 0.1) is 0 Å². The molecule has 0 amide bonds. The van der Waals surface area contributed by atoms with E-state index >= 15 is 0 Å². The molecular weight excluding hydrogens is 298 g/mol. The van der Waals surface area contributed by atoms with Crippen molar-refractivity contribution in [3.05, 3.63) is 40.0 Å². The first-order valence-electron chi connectivity index (χ1n) is 5.65. The number of aryl methyl sites for hydroxylation is 1. The van der Waals surface area contributed by atoms with Crippen LogP contribution in [0.25, 0.3) is 0 Å².